The van der Waals surface area contributed by atoms with Gasteiger partial charge < -0.3 is 4.90 Å². The van der Waals surface area contributed by atoms with Crippen LogP contribution < -0.4 is 4.90 Å². The van der Waals surface area contributed by atoms with Crippen LogP contribution in [0.4, 0.5) is 5.69 Å². The maximum atomic E-state index is 4.18. The van der Waals surface area contributed by atoms with Gasteiger partial charge in [0.15, 0.2) is 0 Å². The lowest BCUT2D eigenvalue weighted by Crippen LogP contribution is -2.22. The van der Waals surface area contributed by atoms with Crippen LogP contribution in [0.2, 0.25) is 0 Å². The third-order valence-corrected chi connectivity index (χ3v) is 3.34. The van der Waals surface area contributed by atoms with Gasteiger partial charge in [-0.2, -0.15) is 0 Å². The van der Waals surface area contributed by atoms with Gasteiger partial charge >= 0.3 is 0 Å². The second-order valence-corrected chi connectivity index (χ2v) is 4.76. The van der Waals surface area contributed by atoms with E-state index in [4.69, 9.17) is 0 Å². The van der Waals surface area contributed by atoms with Crippen molar-refractivity contribution in [3.8, 4) is 0 Å². The van der Waals surface area contributed by atoms with Crippen molar-refractivity contribution in [3.05, 3.63) is 103 Å². The van der Waals surface area contributed by atoms with Crippen molar-refractivity contribution in [2.75, 3.05) is 11.4 Å². The van der Waals surface area contributed by atoms with Crippen molar-refractivity contribution in [2.45, 2.75) is 6.92 Å². The Kier molecular flexibility index (Phi) is 5.16. The van der Waals surface area contributed by atoms with E-state index >= 15 is 0 Å². The molecule has 1 heterocycles. The van der Waals surface area contributed by atoms with E-state index in [9.17, 15) is 0 Å². The molecule has 1 aliphatic rings. The summed E-state index contributed by atoms with van der Waals surface area (Å²) >= 11 is 0. The zero-order chi connectivity index (χ0) is 15.1. The van der Waals surface area contributed by atoms with Gasteiger partial charge in [0.1, 0.15) is 0 Å². The second-order valence-electron chi connectivity index (χ2n) is 4.76. The first-order valence-electron chi connectivity index (χ1n) is 7.12. The fraction of sp³-hybridized carbons (Fsp3) is 0.100. The van der Waals surface area contributed by atoms with Gasteiger partial charge in [-0.25, -0.2) is 0 Å². The van der Waals surface area contributed by atoms with Crippen LogP contribution in [0.5, 0.6) is 0 Å². The van der Waals surface area contributed by atoms with E-state index in [1.807, 2.05) is 37.3 Å². The Labute approximate surface area is 127 Å². The lowest BCUT2D eigenvalue weighted by atomic mass is 10.0. The van der Waals surface area contributed by atoms with Crippen LogP contribution in [0.15, 0.2) is 103 Å². The molecule has 0 saturated heterocycles. The molecule has 1 heteroatoms. The molecule has 0 bridgehead atoms. The third-order valence-electron chi connectivity index (χ3n) is 3.34. The largest absolute Gasteiger partial charge is 0.337 e. The molecule has 2 rings (SSSR count). The lowest BCUT2D eigenvalue weighted by molar-refractivity contribution is 1.03. The van der Waals surface area contributed by atoms with Crippen molar-refractivity contribution in [2.24, 2.45) is 0 Å². The summed E-state index contributed by atoms with van der Waals surface area (Å²) in [7, 11) is 0. The molecule has 0 unspecified atom stereocenters. The van der Waals surface area contributed by atoms with Gasteiger partial charge in [0, 0.05) is 23.5 Å². The summed E-state index contributed by atoms with van der Waals surface area (Å²) < 4.78 is 0. The second kappa shape index (κ2) is 7.30. The monoisotopic (exact) mass is 275 g/mol. The van der Waals surface area contributed by atoms with Gasteiger partial charge in [-0.3, -0.25) is 0 Å². The summed E-state index contributed by atoms with van der Waals surface area (Å²) in [4.78, 5) is 2.25. The Hall–Kier alpha value is -2.54. The molecule has 21 heavy (non-hydrogen) atoms. The fourth-order valence-corrected chi connectivity index (χ4v) is 2.35. The van der Waals surface area contributed by atoms with Gasteiger partial charge in [-0.1, -0.05) is 67.8 Å². The van der Waals surface area contributed by atoms with Crippen LogP contribution in [-0.2, 0) is 0 Å². The molecule has 0 N–H and O–H groups in total. The SMILES string of the molecule is C=C/C1=C(\C=C/C)C(=C)/C=C\C=C/CN1c1ccccc1. The molecule has 0 spiro atoms. The maximum absolute atomic E-state index is 4.18. The molecular weight excluding hydrogens is 254 g/mol. The highest BCUT2D eigenvalue weighted by Gasteiger charge is 2.13. The molecule has 1 aliphatic heterocycles. The molecule has 1 nitrogen and oxygen atoms in total. The normalized spacial score (nSPS) is 22.5. The standard InChI is InChI=1S/C20H21N/c1-4-12-19-17(3)13-8-7-11-16-21(20(19)5-2)18-14-9-6-10-15-18/h4-15H,2-3,16H2,1H3/b11-7-,12-4-,13-8-,20-19-. The Morgan fingerprint density at radius 3 is 2.57 bits per heavy atom. The van der Waals surface area contributed by atoms with Crippen LogP contribution in [-0.4, -0.2) is 6.54 Å². The quantitative estimate of drug-likeness (QED) is 0.733. The minimum absolute atomic E-state index is 0.796. The van der Waals surface area contributed by atoms with E-state index in [0.717, 1.165) is 29.1 Å². The Morgan fingerprint density at radius 1 is 1.14 bits per heavy atom. The predicted molar refractivity (Wildman–Crippen MR) is 93.2 cm³/mol. The number of anilines is 1. The Balaban J connectivity index is 2.62. The summed E-state index contributed by atoms with van der Waals surface area (Å²) in [6, 6.07) is 10.3. The molecule has 0 aromatic heterocycles. The highest BCUT2D eigenvalue weighted by Crippen LogP contribution is 2.26. The maximum Gasteiger partial charge on any atom is 0.0487 e. The minimum Gasteiger partial charge on any atom is -0.337 e. The highest BCUT2D eigenvalue weighted by atomic mass is 15.1. The summed E-state index contributed by atoms with van der Waals surface area (Å²) in [6.45, 7) is 11.0. The van der Waals surface area contributed by atoms with Crippen molar-refractivity contribution in [3.63, 3.8) is 0 Å². The van der Waals surface area contributed by atoms with Crippen LogP contribution in [0.3, 0.4) is 0 Å². The first-order chi connectivity index (χ1) is 10.3. The Bertz CT molecular complexity index is 627. The van der Waals surface area contributed by atoms with Crippen molar-refractivity contribution >= 4 is 5.69 Å². The molecular formula is C20H21N. The zero-order valence-corrected chi connectivity index (χ0v) is 12.5. The molecule has 0 fully saturated rings. The lowest BCUT2D eigenvalue weighted by Gasteiger charge is -2.26. The van der Waals surface area contributed by atoms with E-state index in [-0.39, 0.29) is 0 Å². The van der Waals surface area contributed by atoms with Gasteiger partial charge in [0.05, 0.1) is 0 Å². The van der Waals surface area contributed by atoms with Gasteiger partial charge in [-0.15, -0.1) is 0 Å². The topological polar surface area (TPSA) is 3.24 Å². The molecule has 0 radical (unpaired) electrons. The number of hydrogen-bond donors (Lipinski definition) is 0. The van der Waals surface area contributed by atoms with Crippen LogP contribution >= 0.6 is 0 Å². The number of nitrogens with zero attached hydrogens (tertiary/aromatic N) is 1. The number of allylic oxidation sites excluding steroid dienone is 8. The van der Waals surface area contributed by atoms with Crippen molar-refractivity contribution in [1.29, 1.82) is 0 Å². The van der Waals surface area contributed by atoms with E-state index in [2.05, 4.69) is 60.6 Å². The third kappa shape index (κ3) is 3.51. The summed E-state index contributed by atoms with van der Waals surface area (Å²) in [5, 5.41) is 0. The van der Waals surface area contributed by atoms with E-state index in [1.54, 1.807) is 0 Å². The molecule has 0 amide bonds. The van der Waals surface area contributed by atoms with Gasteiger partial charge in [0.2, 0.25) is 0 Å². The first-order valence-corrected chi connectivity index (χ1v) is 7.12. The summed E-state index contributed by atoms with van der Waals surface area (Å²) in [6.07, 6.45) is 14.3. The van der Waals surface area contributed by atoms with Gasteiger partial charge in [-0.05, 0) is 30.7 Å². The predicted octanol–water partition coefficient (Wildman–Crippen LogP) is 5.19. The van der Waals surface area contributed by atoms with E-state index < -0.39 is 0 Å². The molecule has 1 aromatic carbocycles. The van der Waals surface area contributed by atoms with E-state index in [1.165, 1.54) is 0 Å². The molecule has 1 aromatic rings. The molecule has 0 saturated carbocycles. The number of hydrogen-bond acceptors (Lipinski definition) is 1. The zero-order valence-electron chi connectivity index (χ0n) is 12.5. The summed E-state index contributed by atoms with van der Waals surface area (Å²) in [5.41, 5.74) is 4.29. The minimum atomic E-state index is 0.796. The van der Waals surface area contributed by atoms with E-state index in [0.29, 0.717) is 0 Å². The first kappa shape index (κ1) is 14.9. The van der Waals surface area contributed by atoms with Gasteiger partial charge in [0.25, 0.3) is 0 Å². The number of para-hydroxylation sites is 1. The number of benzene rings is 1. The average Bonchev–Trinajstić information content (AvgIpc) is 2.59. The molecule has 106 valence electrons. The van der Waals surface area contributed by atoms with Crippen molar-refractivity contribution in [1.82, 2.24) is 0 Å². The summed E-state index contributed by atoms with van der Waals surface area (Å²) in [5.74, 6) is 0. The number of rotatable bonds is 3. The van der Waals surface area contributed by atoms with Crippen LogP contribution in [0, 0.1) is 0 Å². The smallest absolute Gasteiger partial charge is 0.0487 e. The van der Waals surface area contributed by atoms with Crippen LogP contribution in [0.1, 0.15) is 6.92 Å². The fourth-order valence-electron chi connectivity index (χ4n) is 2.35. The van der Waals surface area contributed by atoms with Crippen molar-refractivity contribution < 1.29 is 0 Å². The average molecular weight is 275 g/mol. The van der Waals surface area contributed by atoms with Crippen LogP contribution in [0.25, 0.3) is 0 Å². The highest BCUT2D eigenvalue weighted by molar-refractivity contribution is 5.62. The molecule has 0 aliphatic carbocycles. The Morgan fingerprint density at radius 2 is 1.90 bits per heavy atom. The molecule has 0 atom stereocenters.